The lowest BCUT2D eigenvalue weighted by Crippen LogP contribution is -2.19. The number of alkyl halides is 3. The summed E-state index contributed by atoms with van der Waals surface area (Å²) in [5, 5.41) is 11.4. The van der Waals surface area contributed by atoms with Crippen LogP contribution in [-0.2, 0) is 19.1 Å². The maximum Gasteiger partial charge on any atom is 0.433 e. The summed E-state index contributed by atoms with van der Waals surface area (Å²) in [6.45, 7) is 2.64. The number of hydrogen-bond acceptors (Lipinski definition) is 6. The molecule has 28 heavy (non-hydrogen) atoms. The van der Waals surface area contributed by atoms with Gasteiger partial charge in [-0.25, -0.2) is 9.97 Å². The van der Waals surface area contributed by atoms with Crippen molar-refractivity contribution in [1.82, 2.24) is 29.7 Å². The van der Waals surface area contributed by atoms with Crippen molar-refractivity contribution >= 4 is 5.82 Å². The van der Waals surface area contributed by atoms with Gasteiger partial charge in [0.1, 0.15) is 11.6 Å². The summed E-state index contributed by atoms with van der Waals surface area (Å²) in [5.74, 6) is 1.66. The first kappa shape index (κ1) is 18.3. The number of aryl methyl sites for hydroxylation is 1. The molecule has 1 N–H and O–H groups in total. The monoisotopic (exact) mass is 389 g/mol. The van der Waals surface area contributed by atoms with Crippen LogP contribution < -0.4 is 5.32 Å². The summed E-state index contributed by atoms with van der Waals surface area (Å²) in [5.41, 5.74) is -0.552. The van der Waals surface area contributed by atoms with Crippen LogP contribution in [0.25, 0.3) is 11.4 Å². The Labute approximate surface area is 159 Å². The Balaban J connectivity index is 1.68. The molecule has 7 nitrogen and oxygen atoms in total. The SMILES string of the molecule is CC(Nc1cc(C(F)(F)F)nc(-c2ccncc2)n1)c1nnc2n1CCCC2. The number of fused-ring (bicyclic) bond motifs is 1. The molecule has 0 amide bonds. The smallest absolute Gasteiger partial charge is 0.360 e. The molecule has 1 unspecified atom stereocenters. The minimum atomic E-state index is -4.58. The Bertz CT molecular complexity index is 969. The predicted octanol–water partition coefficient (Wildman–Crippen LogP) is 3.66. The molecule has 4 heterocycles. The highest BCUT2D eigenvalue weighted by atomic mass is 19.4. The fourth-order valence-corrected chi connectivity index (χ4v) is 3.23. The number of pyridine rings is 1. The summed E-state index contributed by atoms with van der Waals surface area (Å²) in [6.07, 6.45) is 1.34. The molecule has 1 aliphatic heterocycles. The number of aromatic nitrogens is 6. The fraction of sp³-hybridized carbons (Fsp3) is 0.389. The van der Waals surface area contributed by atoms with Crippen LogP contribution in [-0.4, -0.2) is 29.7 Å². The van der Waals surface area contributed by atoms with Gasteiger partial charge in [0.25, 0.3) is 0 Å². The lowest BCUT2D eigenvalue weighted by molar-refractivity contribution is -0.141. The van der Waals surface area contributed by atoms with Gasteiger partial charge in [-0.05, 0) is 31.9 Å². The average Bonchev–Trinajstić information content (AvgIpc) is 3.12. The minimum Gasteiger partial charge on any atom is -0.360 e. The molecule has 3 aromatic rings. The number of nitrogens with zero attached hydrogens (tertiary/aromatic N) is 6. The molecule has 0 saturated heterocycles. The molecule has 10 heteroatoms. The molecule has 0 saturated carbocycles. The van der Waals surface area contributed by atoms with Gasteiger partial charge in [-0.2, -0.15) is 13.2 Å². The molecule has 3 aromatic heterocycles. The van der Waals surface area contributed by atoms with Crippen LogP contribution >= 0.6 is 0 Å². The molecule has 1 atom stereocenters. The van der Waals surface area contributed by atoms with Gasteiger partial charge in [-0.15, -0.1) is 10.2 Å². The molecule has 0 aliphatic carbocycles. The van der Waals surface area contributed by atoms with E-state index in [1.807, 2.05) is 11.5 Å². The molecule has 0 bridgehead atoms. The zero-order chi connectivity index (χ0) is 19.7. The summed E-state index contributed by atoms with van der Waals surface area (Å²) in [4.78, 5) is 11.8. The third-order valence-electron chi connectivity index (χ3n) is 4.59. The van der Waals surface area contributed by atoms with Crippen LogP contribution in [0.5, 0.6) is 0 Å². The van der Waals surface area contributed by atoms with E-state index < -0.39 is 11.9 Å². The lowest BCUT2D eigenvalue weighted by Gasteiger charge is -2.20. The van der Waals surface area contributed by atoms with E-state index in [0.29, 0.717) is 11.4 Å². The summed E-state index contributed by atoms with van der Waals surface area (Å²) < 4.78 is 42.1. The summed E-state index contributed by atoms with van der Waals surface area (Å²) in [6, 6.07) is 3.68. The Kier molecular flexibility index (Phi) is 4.70. The first-order valence-electron chi connectivity index (χ1n) is 8.97. The second-order valence-corrected chi connectivity index (χ2v) is 6.64. The van der Waals surface area contributed by atoms with Crippen LogP contribution in [0.15, 0.2) is 30.6 Å². The Morgan fingerprint density at radius 1 is 1.11 bits per heavy atom. The van der Waals surface area contributed by atoms with E-state index in [2.05, 4.69) is 30.5 Å². The van der Waals surface area contributed by atoms with Crippen molar-refractivity contribution in [2.45, 2.75) is 44.9 Å². The zero-order valence-electron chi connectivity index (χ0n) is 15.1. The van der Waals surface area contributed by atoms with E-state index >= 15 is 0 Å². The molecule has 146 valence electrons. The van der Waals surface area contributed by atoms with Crippen molar-refractivity contribution in [3.63, 3.8) is 0 Å². The fourth-order valence-electron chi connectivity index (χ4n) is 3.23. The molecule has 0 aromatic carbocycles. The maximum absolute atomic E-state index is 13.3. The van der Waals surface area contributed by atoms with Crippen molar-refractivity contribution in [2.75, 3.05) is 5.32 Å². The summed E-state index contributed by atoms with van der Waals surface area (Å²) in [7, 11) is 0. The van der Waals surface area contributed by atoms with Gasteiger partial charge >= 0.3 is 6.18 Å². The molecule has 4 rings (SSSR count). The lowest BCUT2D eigenvalue weighted by atomic mass is 10.1. The van der Waals surface area contributed by atoms with Gasteiger partial charge in [-0.1, -0.05) is 0 Å². The molecule has 0 fully saturated rings. The van der Waals surface area contributed by atoms with Crippen molar-refractivity contribution in [3.8, 4) is 11.4 Å². The molecule has 0 spiro atoms. The van der Waals surface area contributed by atoms with Crippen LogP contribution in [0.3, 0.4) is 0 Å². The third-order valence-corrected chi connectivity index (χ3v) is 4.59. The number of nitrogens with one attached hydrogen (secondary N) is 1. The van der Waals surface area contributed by atoms with Gasteiger partial charge in [0.15, 0.2) is 17.3 Å². The van der Waals surface area contributed by atoms with E-state index in [4.69, 9.17) is 0 Å². The van der Waals surface area contributed by atoms with Crippen molar-refractivity contribution in [3.05, 3.63) is 47.9 Å². The van der Waals surface area contributed by atoms with Gasteiger partial charge in [0.05, 0.1) is 6.04 Å². The van der Waals surface area contributed by atoms with Crippen molar-refractivity contribution in [1.29, 1.82) is 0 Å². The van der Waals surface area contributed by atoms with E-state index in [1.165, 1.54) is 12.4 Å². The second-order valence-electron chi connectivity index (χ2n) is 6.64. The van der Waals surface area contributed by atoms with E-state index in [9.17, 15) is 13.2 Å². The number of hydrogen-bond donors (Lipinski definition) is 1. The predicted molar refractivity (Wildman–Crippen MR) is 95.3 cm³/mol. The molecule has 1 aliphatic rings. The highest BCUT2D eigenvalue weighted by molar-refractivity contribution is 5.57. The topological polar surface area (TPSA) is 81.4 Å². The van der Waals surface area contributed by atoms with Crippen LogP contribution in [0.1, 0.15) is 43.1 Å². The van der Waals surface area contributed by atoms with Crippen molar-refractivity contribution < 1.29 is 13.2 Å². The quantitative estimate of drug-likeness (QED) is 0.733. The Morgan fingerprint density at radius 2 is 1.89 bits per heavy atom. The second kappa shape index (κ2) is 7.17. The average molecular weight is 389 g/mol. The van der Waals surface area contributed by atoms with Crippen LogP contribution in [0.4, 0.5) is 19.0 Å². The van der Waals surface area contributed by atoms with Gasteiger partial charge in [0.2, 0.25) is 0 Å². The number of rotatable bonds is 4. The standard InChI is InChI=1S/C18H18F3N7/c1-11(17-27-26-15-4-2-3-9-28(15)17)23-14-10-13(18(19,20)21)24-16(25-14)12-5-7-22-8-6-12/h5-8,10-11H,2-4,9H2,1H3,(H,23,24,25). The van der Waals surface area contributed by atoms with Crippen molar-refractivity contribution in [2.24, 2.45) is 0 Å². The number of anilines is 1. The van der Waals surface area contributed by atoms with E-state index in [1.54, 1.807) is 12.1 Å². The minimum absolute atomic E-state index is 0.0183. The highest BCUT2D eigenvalue weighted by Gasteiger charge is 2.34. The van der Waals surface area contributed by atoms with Gasteiger partial charge in [-0.3, -0.25) is 4.98 Å². The Hall–Kier alpha value is -3.04. The summed E-state index contributed by atoms with van der Waals surface area (Å²) >= 11 is 0. The molecular weight excluding hydrogens is 371 g/mol. The van der Waals surface area contributed by atoms with Crippen LogP contribution in [0, 0.1) is 0 Å². The maximum atomic E-state index is 13.3. The largest absolute Gasteiger partial charge is 0.433 e. The van der Waals surface area contributed by atoms with E-state index in [-0.39, 0.29) is 17.7 Å². The highest BCUT2D eigenvalue weighted by Crippen LogP contribution is 2.31. The first-order chi connectivity index (χ1) is 13.4. The number of halogens is 3. The molecular formula is C18H18F3N7. The third kappa shape index (κ3) is 3.67. The van der Waals surface area contributed by atoms with E-state index in [0.717, 1.165) is 37.7 Å². The zero-order valence-corrected chi connectivity index (χ0v) is 15.1. The van der Waals surface area contributed by atoms with Gasteiger partial charge < -0.3 is 9.88 Å². The Morgan fingerprint density at radius 3 is 2.64 bits per heavy atom. The van der Waals surface area contributed by atoms with Gasteiger partial charge in [0, 0.05) is 37.0 Å². The normalized spacial score (nSPS) is 15.1. The molecule has 0 radical (unpaired) electrons. The first-order valence-corrected chi connectivity index (χ1v) is 8.97. The van der Waals surface area contributed by atoms with Crippen LogP contribution in [0.2, 0.25) is 0 Å².